The summed E-state index contributed by atoms with van der Waals surface area (Å²) in [6.45, 7) is 2.02. The number of aryl methyl sites for hydroxylation is 1. The lowest BCUT2D eigenvalue weighted by Gasteiger charge is -2.37. The van der Waals surface area contributed by atoms with Crippen molar-refractivity contribution in [2.75, 3.05) is 0 Å². The molecule has 0 aromatic carbocycles. The molecular weight excluding hydrogens is 194 g/mol. The Morgan fingerprint density at radius 2 is 2.36 bits per heavy atom. The summed E-state index contributed by atoms with van der Waals surface area (Å²) in [5, 5.41) is 1.93. The van der Waals surface area contributed by atoms with E-state index in [0.29, 0.717) is 6.42 Å². The van der Waals surface area contributed by atoms with Gasteiger partial charge in [0.2, 0.25) is 0 Å². The number of Topliss-reactive ketones (excluding diaryl/α,β-unsaturated/α-hetero) is 1. The van der Waals surface area contributed by atoms with Crippen LogP contribution < -0.4 is 5.73 Å². The average molecular weight is 209 g/mol. The summed E-state index contributed by atoms with van der Waals surface area (Å²) in [4.78, 5) is 13.0. The van der Waals surface area contributed by atoms with Gasteiger partial charge in [-0.1, -0.05) is 0 Å². The van der Waals surface area contributed by atoms with Crippen molar-refractivity contribution < 1.29 is 4.79 Å². The van der Waals surface area contributed by atoms with Crippen LogP contribution in [0.25, 0.3) is 0 Å². The Kier molecular flexibility index (Phi) is 2.45. The second kappa shape index (κ2) is 3.48. The number of nitrogens with two attached hydrogens (primary N) is 1. The average Bonchev–Trinajstić information content (AvgIpc) is 2.49. The fourth-order valence-electron chi connectivity index (χ4n) is 1.82. The van der Waals surface area contributed by atoms with Gasteiger partial charge in [-0.3, -0.25) is 4.79 Å². The molecule has 0 saturated heterocycles. The molecular formula is C11H15NOS. The van der Waals surface area contributed by atoms with E-state index in [0.717, 1.165) is 18.4 Å². The zero-order valence-corrected chi connectivity index (χ0v) is 9.19. The van der Waals surface area contributed by atoms with E-state index in [1.165, 1.54) is 11.3 Å². The number of rotatable bonds is 3. The van der Waals surface area contributed by atoms with E-state index in [4.69, 9.17) is 5.73 Å². The summed E-state index contributed by atoms with van der Waals surface area (Å²) in [5.74, 6) is 0.205. The van der Waals surface area contributed by atoms with Gasteiger partial charge in [0.05, 0.1) is 0 Å². The molecule has 1 aliphatic carbocycles. The maximum Gasteiger partial charge on any atom is 0.165 e. The Balaban J connectivity index is 2.02. The van der Waals surface area contributed by atoms with Crippen LogP contribution in [0.1, 0.15) is 40.9 Å². The van der Waals surface area contributed by atoms with Gasteiger partial charge in [0.25, 0.3) is 0 Å². The van der Waals surface area contributed by atoms with Gasteiger partial charge in [0.1, 0.15) is 0 Å². The lowest BCUT2D eigenvalue weighted by Crippen LogP contribution is -2.48. The minimum absolute atomic E-state index is 0.188. The molecule has 0 aliphatic heterocycles. The van der Waals surface area contributed by atoms with E-state index in [1.807, 2.05) is 18.4 Å². The van der Waals surface area contributed by atoms with Crippen LogP contribution in [0, 0.1) is 6.92 Å². The quantitative estimate of drug-likeness (QED) is 0.777. The van der Waals surface area contributed by atoms with Gasteiger partial charge in [0, 0.05) is 27.8 Å². The first-order chi connectivity index (χ1) is 6.59. The summed E-state index contributed by atoms with van der Waals surface area (Å²) < 4.78 is 0. The van der Waals surface area contributed by atoms with Crippen molar-refractivity contribution in [1.29, 1.82) is 0 Å². The number of carbonyl (C=O) groups is 1. The monoisotopic (exact) mass is 209 g/mol. The Bertz CT molecular complexity index is 352. The van der Waals surface area contributed by atoms with Crippen LogP contribution in [0.15, 0.2) is 11.4 Å². The summed E-state index contributed by atoms with van der Waals surface area (Å²) >= 11 is 1.62. The van der Waals surface area contributed by atoms with Crippen LogP contribution in [-0.4, -0.2) is 11.3 Å². The van der Waals surface area contributed by atoms with Crippen LogP contribution in [-0.2, 0) is 0 Å². The highest BCUT2D eigenvalue weighted by Crippen LogP contribution is 2.33. The summed E-state index contributed by atoms with van der Waals surface area (Å²) in [7, 11) is 0. The van der Waals surface area contributed by atoms with E-state index in [2.05, 4.69) is 0 Å². The fourth-order valence-corrected chi connectivity index (χ4v) is 2.53. The maximum atomic E-state index is 11.8. The van der Waals surface area contributed by atoms with E-state index in [9.17, 15) is 4.79 Å². The number of ketones is 1. The zero-order chi connectivity index (χ0) is 10.2. The molecule has 76 valence electrons. The highest BCUT2D eigenvalue weighted by Gasteiger charge is 2.34. The maximum absolute atomic E-state index is 11.8. The molecule has 1 aromatic rings. The normalized spacial score (nSPS) is 19.0. The number of hydrogen-bond donors (Lipinski definition) is 1. The molecule has 0 spiro atoms. The van der Waals surface area contributed by atoms with Gasteiger partial charge < -0.3 is 5.73 Å². The number of thiophene rings is 1. The lowest BCUT2D eigenvalue weighted by atomic mass is 9.74. The number of carbonyl (C=O) groups excluding carboxylic acids is 1. The summed E-state index contributed by atoms with van der Waals surface area (Å²) in [5.41, 5.74) is 6.68. The van der Waals surface area contributed by atoms with Gasteiger partial charge in [-0.15, -0.1) is 11.3 Å². The molecule has 1 fully saturated rings. The van der Waals surface area contributed by atoms with Crippen molar-refractivity contribution in [2.45, 2.75) is 38.1 Å². The van der Waals surface area contributed by atoms with Gasteiger partial charge in [-0.25, -0.2) is 0 Å². The molecule has 0 amide bonds. The summed E-state index contributed by atoms with van der Waals surface area (Å²) in [6.07, 6.45) is 3.69. The lowest BCUT2D eigenvalue weighted by molar-refractivity contribution is 0.0912. The van der Waals surface area contributed by atoms with Crippen LogP contribution >= 0.6 is 11.3 Å². The van der Waals surface area contributed by atoms with Crippen LogP contribution in [0.3, 0.4) is 0 Å². The van der Waals surface area contributed by atoms with Crippen LogP contribution in [0.4, 0.5) is 0 Å². The first kappa shape index (κ1) is 9.87. The highest BCUT2D eigenvalue weighted by molar-refractivity contribution is 7.10. The molecule has 2 nitrogen and oxygen atoms in total. The SMILES string of the molecule is Cc1cc(C(=O)CC2(N)CCC2)cs1. The van der Waals surface area contributed by atoms with Crippen LogP contribution in [0.5, 0.6) is 0 Å². The van der Waals surface area contributed by atoms with E-state index in [-0.39, 0.29) is 11.3 Å². The van der Waals surface area contributed by atoms with Gasteiger partial charge in [-0.05, 0) is 32.3 Å². The standard InChI is InChI=1S/C11H15NOS/c1-8-5-9(7-14-8)10(13)6-11(12)3-2-4-11/h5,7H,2-4,6,12H2,1H3. The van der Waals surface area contributed by atoms with Crippen molar-refractivity contribution in [2.24, 2.45) is 5.73 Å². The molecule has 0 bridgehead atoms. The molecule has 0 radical (unpaired) electrons. The molecule has 3 heteroatoms. The van der Waals surface area contributed by atoms with Crippen LogP contribution in [0.2, 0.25) is 0 Å². The second-order valence-electron chi connectivity index (χ2n) is 4.26. The molecule has 0 unspecified atom stereocenters. The molecule has 2 N–H and O–H groups in total. The van der Waals surface area contributed by atoms with Gasteiger partial charge in [0.15, 0.2) is 5.78 Å². The van der Waals surface area contributed by atoms with Crippen molar-refractivity contribution in [1.82, 2.24) is 0 Å². The van der Waals surface area contributed by atoms with E-state index in [1.54, 1.807) is 11.3 Å². The third-order valence-corrected chi connectivity index (χ3v) is 3.78. The Morgan fingerprint density at radius 1 is 1.64 bits per heavy atom. The van der Waals surface area contributed by atoms with Gasteiger partial charge >= 0.3 is 0 Å². The summed E-state index contributed by atoms with van der Waals surface area (Å²) in [6, 6.07) is 1.95. The topological polar surface area (TPSA) is 43.1 Å². The second-order valence-corrected chi connectivity index (χ2v) is 5.38. The predicted molar refractivity (Wildman–Crippen MR) is 58.8 cm³/mol. The fraction of sp³-hybridized carbons (Fsp3) is 0.545. The highest BCUT2D eigenvalue weighted by atomic mass is 32.1. The molecule has 1 heterocycles. The minimum atomic E-state index is -0.188. The largest absolute Gasteiger partial charge is 0.325 e. The first-order valence-corrected chi connectivity index (χ1v) is 5.84. The third kappa shape index (κ3) is 1.88. The van der Waals surface area contributed by atoms with E-state index < -0.39 is 0 Å². The predicted octanol–water partition coefficient (Wildman–Crippen LogP) is 2.51. The zero-order valence-electron chi connectivity index (χ0n) is 8.38. The Labute approximate surface area is 88.1 Å². The molecule has 1 aromatic heterocycles. The van der Waals surface area contributed by atoms with Crippen molar-refractivity contribution in [3.05, 3.63) is 21.9 Å². The molecule has 1 aliphatic rings. The van der Waals surface area contributed by atoms with Crippen molar-refractivity contribution in [3.63, 3.8) is 0 Å². The van der Waals surface area contributed by atoms with E-state index >= 15 is 0 Å². The van der Waals surface area contributed by atoms with Gasteiger partial charge in [-0.2, -0.15) is 0 Å². The molecule has 0 atom stereocenters. The Hall–Kier alpha value is -0.670. The number of hydrogen-bond acceptors (Lipinski definition) is 3. The van der Waals surface area contributed by atoms with Crippen molar-refractivity contribution >= 4 is 17.1 Å². The molecule has 2 rings (SSSR count). The van der Waals surface area contributed by atoms with Crippen molar-refractivity contribution in [3.8, 4) is 0 Å². The molecule has 1 saturated carbocycles. The first-order valence-electron chi connectivity index (χ1n) is 4.96. The Morgan fingerprint density at radius 3 is 2.79 bits per heavy atom. The smallest absolute Gasteiger partial charge is 0.165 e. The molecule has 14 heavy (non-hydrogen) atoms. The third-order valence-electron chi connectivity index (χ3n) is 2.91. The minimum Gasteiger partial charge on any atom is -0.325 e.